The summed E-state index contributed by atoms with van der Waals surface area (Å²) in [5.41, 5.74) is 0. The summed E-state index contributed by atoms with van der Waals surface area (Å²) in [4.78, 5) is 25.0. The number of nitrogens with zero attached hydrogens (tertiary/aromatic N) is 1. The van der Waals surface area contributed by atoms with Crippen molar-refractivity contribution >= 4 is 23.2 Å². The summed E-state index contributed by atoms with van der Waals surface area (Å²) in [5.74, 6) is -0.220. The predicted molar refractivity (Wildman–Crippen MR) is 59.7 cm³/mol. The molecule has 0 aliphatic heterocycles. The lowest BCUT2D eigenvalue weighted by Gasteiger charge is -2.10. The lowest BCUT2D eigenvalue weighted by molar-refractivity contribution is -0.130. The van der Waals surface area contributed by atoms with Crippen LogP contribution in [0.1, 0.15) is 4.88 Å². The zero-order valence-electron chi connectivity index (χ0n) is 8.82. The Morgan fingerprint density at radius 3 is 2.73 bits per heavy atom. The summed E-state index contributed by atoms with van der Waals surface area (Å²) in [6.45, 7) is 0.0667. The van der Waals surface area contributed by atoms with Crippen LogP contribution < -0.4 is 5.32 Å². The second-order valence-electron chi connectivity index (χ2n) is 3.32. The van der Waals surface area contributed by atoms with E-state index in [0.717, 1.165) is 4.88 Å². The molecule has 0 atom stereocenters. The molecule has 1 N–H and O–H groups in total. The second-order valence-corrected chi connectivity index (χ2v) is 4.35. The van der Waals surface area contributed by atoms with Gasteiger partial charge in [-0.05, 0) is 11.4 Å². The van der Waals surface area contributed by atoms with E-state index in [0.29, 0.717) is 6.42 Å². The summed E-state index contributed by atoms with van der Waals surface area (Å²) >= 11 is 1.54. The molecule has 2 amide bonds. The summed E-state index contributed by atoms with van der Waals surface area (Å²) in [6, 6.07) is 3.80. The van der Waals surface area contributed by atoms with Gasteiger partial charge in [0.25, 0.3) is 0 Å². The van der Waals surface area contributed by atoms with Crippen LogP contribution in [0.3, 0.4) is 0 Å². The van der Waals surface area contributed by atoms with Gasteiger partial charge in [-0.15, -0.1) is 11.3 Å². The van der Waals surface area contributed by atoms with Crippen molar-refractivity contribution in [3.63, 3.8) is 0 Å². The third kappa shape index (κ3) is 4.12. The van der Waals surface area contributed by atoms with Crippen molar-refractivity contribution in [3.8, 4) is 0 Å². The molecule has 0 saturated heterocycles. The molecule has 1 heterocycles. The van der Waals surface area contributed by atoms with E-state index in [1.165, 1.54) is 16.2 Å². The molecule has 1 aromatic heterocycles. The monoisotopic (exact) mass is 226 g/mol. The number of amides is 2. The fourth-order valence-electron chi connectivity index (χ4n) is 0.966. The maximum absolute atomic E-state index is 11.4. The molecule has 15 heavy (non-hydrogen) atoms. The van der Waals surface area contributed by atoms with Gasteiger partial charge in [0.2, 0.25) is 11.8 Å². The van der Waals surface area contributed by atoms with E-state index in [9.17, 15) is 9.59 Å². The Balaban J connectivity index is 2.28. The quantitative estimate of drug-likeness (QED) is 0.812. The number of thiophene rings is 1. The van der Waals surface area contributed by atoms with E-state index in [1.807, 2.05) is 17.5 Å². The molecule has 0 radical (unpaired) electrons. The highest BCUT2D eigenvalue weighted by atomic mass is 32.1. The van der Waals surface area contributed by atoms with Crippen LogP contribution >= 0.6 is 11.3 Å². The van der Waals surface area contributed by atoms with E-state index < -0.39 is 0 Å². The Morgan fingerprint density at radius 2 is 2.20 bits per heavy atom. The van der Waals surface area contributed by atoms with Gasteiger partial charge in [-0.1, -0.05) is 6.07 Å². The number of hydrogen-bond donors (Lipinski definition) is 1. The second kappa shape index (κ2) is 5.50. The standard InChI is InChI=1S/C10H14N2O2S/c1-12(2)10(14)7-11-9(13)6-8-4-3-5-15-8/h3-5H,6-7H2,1-2H3,(H,11,13). The minimum atomic E-state index is -0.118. The van der Waals surface area contributed by atoms with Crippen LogP contribution in [0.2, 0.25) is 0 Å². The van der Waals surface area contributed by atoms with Gasteiger partial charge in [-0.3, -0.25) is 9.59 Å². The molecule has 1 aromatic rings. The van der Waals surface area contributed by atoms with Crippen molar-refractivity contribution in [2.75, 3.05) is 20.6 Å². The zero-order valence-corrected chi connectivity index (χ0v) is 9.63. The molecule has 0 aromatic carbocycles. The molecule has 82 valence electrons. The van der Waals surface area contributed by atoms with E-state index in [1.54, 1.807) is 14.1 Å². The number of likely N-dealkylation sites (N-methyl/N-ethyl adjacent to an activating group) is 1. The van der Waals surface area contributed by atoms with Crippen LogP contribution in [0.15, 0.2) is 17.5 Å². The predicted octanol–water partition coefficient (Wildman–Crippen LogP) is 0.495. The first-order chi connectivity index (χ1) is 7.09. The van der Waals surface area contributed by atoms with Gasteiger partial charge in [0.15, 0.2) is 0 Å². The highest BCUT2D eigenvalue weighted by molar-refractivity contribution is 7.10. The molecule has 0 aliphatic carbocycles. The van der Waals surface area contributed by atoms with Crippen molar-refractivity contribution in [1.82, 2.24) is 10.2 Å². The van der Waals surface area contributed by atoms with Crippen molar-refractivity contribution in [2.24, 2.45) is 0 Å². The van der Waals surface area contributed by atoms with Gasteiger partial charge >= 0.3 is 0 Å². The van der Waals surface area contributed by atoms with Gasteiger partial charge < -0.3 is 10.2 Å². The minimum absolute atomic E-state index is 0.0667. The Kier molecular flexibility index (Phi) is 4.30. The number of carbonyl (C=O) groups is 2. The fraction of sp³-hybridized carbons (Fsp3) is 0.400. The fourth-order valence-corrected chi connectivity index (χ4v) is 1.67. The Labute approximate surface area is 92.9 Å². The molecule has 4 nitrogen and oxygen atoms in total. The van der Waals surface area contributed by atoms with Gasteiger partial charge in [-0.25, -0.2) is 0 Å². The normalized spacial score (nSPS) is 9.73. The maximum Gasteiger partial charge on any atom is 0.241 e. The van der Waals surface area contributed by atoms with Crippen molar-refractivity contribution in [2.45, 2.75) is 6.42 Å². The van der Waals surface area contributed by atoms with Crippen LogP contribution in [0.4, 0.5) is 0 Å². The third-order valence-electron chi connectivity index (χ3n) is 1.85. The van der Waals surface area contributed by atoms with Crippen LogP contribution in [-0.2, 0) is 16.0 Å². The average Bonchev–Trinajstić information content (AvgIpc) is 2.66. The number of carbonyl (C=O) groups excluding carboxylic acids is 2. The van der Waals surface area contributed by atoms with Gasteiger partial charge in [0, 0.05) is 19.0 Å². The molecule has 0 spiro atoms. The number of rotatable bonds is 4. The summed E-state index contributed by atoms with van der Waals surface area (Å²) < 4.78 is 0. The van der Waals surface area contributed by atoms with E-state index in [2.05, 4.69) is 5.32 Å². The Hall–Kier alpha value is -1.36. The van der Waals surface area contributed by atoms with Crippen LogP contribution in [-0.4, -0.2) is 37.4 Å². The first-order valence-electron chi connectivity index (χ1n) is 4.59. The van der Waals surface area contributed by atoms with Gasteiger partial charge in [-0.2, -0.15) is 0 Å². The maximum atomic E-state index is 11.4. The van der Waals surface area contributed by atoms with Crippen LogP contribution in [0, 0.1) is 0 Å². The summed E-state index contributed by atoms with van der Waals surface area (Å²) in [6.07, 6.45) is 0.346. The van der Waals surface area contributed by atoms with E-state index in [-0.39, 0.29) is 18.4 Å². The first-order valence-corrected chi connectivity index (χ1v) is 5.47. The molecular formula is C10H14N2O2S. The summed E-state index contributed by atoms with van der Waals surface area (Å²) in [7, 11) is 3.32. The SMILES string of the molecule is CN(C)C(=O)CNC(=O)Cc1cccs1. The smallest absolute Gasteiger partial charge is 0.241 e. The molecule has 0 bridgehead atoms. The molecule has 0 saturated carbocycles. The topological polar surface area (TPSA) is 49.4 Å². The molecule has 0 fully saturated rings. The number of nitrogens with one attached hydrogen (secondary N) is 1. The van der Waals surface area contributed by atoms with E-state index in [4.69, 9.17) is 0 Å². The Morgan fingerprint density at radius 1 is 1.47 bits per heavy atom. The Bertz CT molecular complexity index is 333. The molecule has 0 unspecified atom stereocenters. The van der Waals surface area contributed by atoms with Gasteiger partial charge in [0.1, 0.15) is 0 Å². The van der Waals surface area contributed by atoms with Crippen molar-refractivity contribution in [3.05, 3.63) is 22.4 Å². The summed E-state index contributed by atoms with van der Waals surface area (Å²) in [5, 5.41) is 4.50. The third-order valence-corrected chi connectivity index (χ3v) is 2.73. The first kappa shape index (κ1) is 11.7. The minimum Gasteiger partial charge on any atom is -0.347 e. The van der Waals surface area contributed by atoms with E-state index >= 15 is 0 Å². The van der Waals surface area contributed by atoms with Gasteiger partial charge in [0.05, 0.1) is 13.0 Å². The van der Waals surface area contributed by atoms with Crippen LogP contribution in [0.5, 0.6) is 0 Å². The highest BCUT2D eigenvalue weighted by Gasteiger charge is 2.07. The largest absolute Gasteiger partial charge is 0.347 e. The lowest BCUT2D eigenvalue weighted by Crippen LogP contribution is -2.36. The highest BCUT2D eigenvalue weighted by Crippen LogP contribution is 2.08. The lowest BCUT2D eigenvalue weighted by atomic mass is 10.3. The van der Waals surface area contributed by atoms with Crippen molar-refractivity contribution in [1.29, 1.82) is 0 Å². The average molecular weight is 226 g/mol. The van der Waals surface area contributed by atoms with Crippen LogP contribution in [0.25, 0.3) is 0 Å². The molecular weight excluding hydrogens is 212 g/mol. The van der Waals surface area contributed by atoms with Crippen molar-refractivity contribution < 1.29 is 9.59 Å². The molecule has 5 heteroatoms. The number of hydrogen-bond acceptors (Lipinski definition) is 3. The zero-order chi connectivity index (χ0) is 11.3. The molecule has 0 aliphatic rings. The molecule has 1 rings (SSSR count).